The minimum Gasteiger partial charge on any atom is -0.459 e. The molecule has 4 nitrogen and oxygen atoms in total. The van der Waals surface area contributed by atoms with Gasteiger partial charge < -0.3 is 15.1 Å². The topological polar surface area (TPSA) is 54.3 Å². The van der Waals surface area contributed by atoms with Crippen molar-refractivity contribution in [3.05, 3.63) is 23.7 Å². The molecule has 1 atom stereocenters. The molecule has 1 aliphatic heterocycles. The summed E-state index contributed by atoms with van der Waals surface area (Å²) in [4.78, 5) is 11.9. The maximum atomic E-state index is 11.9. The Morgan fingerprint density at radius 2 is 2.47 bits per heavy atom. The van der Waals surface area contributed by atoms with Gasteiger partial charge in [-0.1, -0.05) is 0 Å². The quantitative estimate of drug-likeness (QED) is 0.764. The van der Waals surface area contributed by atoms with Gasteiger partial charge in [0.2, 0.25) is 0 Å². The number of hydrogen-bond acceptors (Lipinski definition) is 3. The van der Waals surface area contributed by atoms with Crippen LogP contribution in [0.15, 0.2) is 16.7 Å². The van der Waals surface area contributed by atoms with Gasteiger partial charge in [0.1, 0.15) is 0 Å². The van der Waals surface area contributed by atoms with Crippen LogP contribution in [0.3, 0.4) is 0 Å². The number of furan rings is 1. The van der Waals surface area contributed by atoms with Crippen LogP contribution in [0.4, 0.5) is 0 Å². The average Bonchev–Trinajstić information content (AvgIpc) is 2.74. The Morgan fingerprint density at radius 1 is 1.67 bits per heavy atom. The second-order valence-corrected chi connectivity index (χ2v) is 4.37. The van der Waals surface area contributed by atoms with Gasteiger partial charge in [-0.25, -0.2) is 0 Å². The maximum absolute atomic E-state index is 11.9. The molecule has 1 unspecified atom stereocenters. The smallest absolute Gasteiger partial charge is 0.287 e. The highest BCUT2D eigenvalue weighted by Crippen LogP contribution is 2.16. The molecule has 1 amide bonds. The van der Waals surface area contributed by atoms with E-state index in [0.29, 0.717) is 5.76 Å². The molecule has 0 bridgehead atoms. The minimum atomic E-state index is -0.143. The van der Waals surface area contributed by atoms with Crippen LogP contribution in [0.1, 0.15) is 29.5 Å². The molecule has 82 valence electrons. The molecule has 1 aromatic rings. The fraction of sp³-hybridized carbons (Fsp3) is 0.545. The Balaban J connectivity index is 2.07. The van der Waals surface area contributed by atoms with E-state index in [1.807, 2.05) is 13.8 Å². The highest BCUT2D eigenvalue weighted by molar-refractivity contribution is 5.93. The van der Waals surface area contributed by atoms with E-state index in [4.69, 9.17) is 4.42 Å². The number of amides is 1. The lowest BCUT2D eigenvalue weighted by molar-refractivity contribution is 0.0883. The van der Waals surface area contributed by atoms with Crippen molar-refractivity contribution in [1.29, 1.82) is 0 Å². The van der Waals surface area contributed by atoms with Crippen LogP contribution < -0.4 is 10.6 Å². The zero-order valence-corrected chi connectivity index (χ0v) is 9.09. The molecule has 1 saturated heterocycles. The maximum Gasteiger partial charge on any atom is 0.287 e. The van der Waals surface area contributed by atoms with Gasteiger partial charge in [0.05, 0.1) is 11.8 Å². The van der Waals surface area contributed by atoms with E-state index in [-0.39, 0.29) is 11.4 Å². The van der Waals surface area contributed by atoms with E-state index in [9.17, 15) is 4.79 Å². The lowest BCUT2D eigenvalue weighted by atomic mass is 10.0. The standard InChI is InChI=1S/C11H16N2O2/c1-8-3-6-15-9(8)10(14)13-11(2)4-5-12-7-11/h3,6,12H,4-5,7H2,1-2H3,(H,13,14). The molecule has 1 aromatic heterocycles. The van der Waals surface area contributed by atoms with Gasteiger partial charge in [0, 0.05) is 12.1 Å². The van der Waals surface area contributed by atoms with Gasteiger partial charge in [-0.2, -0.15) is 0 Å². The van der Waals surface area contributed by atoms with Gasteiger partial charge in [0.15, 0.2) is 5.76 Å². The predicted octanol–water partition coefficient (Wildman–Crippen LogP) is 1.07. The van der Waals surface area contributed by atoms with E-state index in [1.165, 1.54) is 0 Å². The van der Waals surface area contributed by atoms with Crippen molar-refractivity contribution < 1.29 is 9.21 Å². The first-order chi connectivity index (χ1) is 7.11. The Bertz CT molecular complexity index is 364. The van der Waals surface area contributed by atoms with Gasteiger partial charge in [-0.15, -0.1) is 0 Å². The van der Waals surface area contributed by atoms with Gasteiger partial charge in [-0.05, 0) is 32.9 Å². The van der Waals surface area contributed by atoms with Crippen molar-refractivity contribution in [2.75, 3.05) is 13.1 Å². The number of nitrogens with one attached hydrogen (secondary N) is 2. The van der Waals surface area contributed by atoms with Gasteiger partial charge >= 0.3 is 0 Å². The SMILES string of the molecule is Cc1ccoc1C(=O)NC1(C)CCNC1. The summed E-state index contributed by atoms with van der Waals surface area (Å²) >= 11 is 0. The molecule has 1 aliphatic rings. The van der Waals surface area contributed by atoms with E-state index < -0.39 is 0 Å². The molecule has 2 N–H and O–H groups in total. The molecule has 2 rings (SSSR count). The van der Waals surface area contributed by atoms with Crippen LogP contribution >= 0.6 is 0 Å². The van der Waals surface area contributed by atoms with E-state index >= 15 is 0 Å². The number of hydrogen-bond donors (Lipinski definition) is 2. The number of carbonyl (C=O) groups excluding carboxylic acids is 1. The minimum absolute atomic E-state index is 0.122. The molecular weight excluding hydrogens is 192 g/mol. The molecule has 0 radical (unpaired) electrons. The van der Waals surface area contributed by atoms with E-state index in [2.05, 4.69) is 10.6 Å². The molecule has 0 aromatic carbocycles. The Morgan fingerprint density at radius 3 is 3.00 bits per heavy atom. The molecular formula is C11H16N2O2. The molecule has 15 heavy (non-hydrogen) atoms. The zero-order chi connectivity index (χ0) is 10.9. The third-order valence-corrected chi connectivity index (χ3v) is 2.85. The summed E-state index contributed by atoms with van der Waals surface area (Å²) in [6, 6.07) is 1.80. The summed E-state index contributed by atoms with van der Waals surface area (Å²) < 4.78 is 5.15. The first kappa shape index (κ1) is 10.2. The van der Waals surface area contributed by atoms with Crippen LogP contribution in [-0.2, 0) is 0 Å². The number of carbonyl (C=O) groups is 1. The third-order valence-electron chi connectivity index (χ3n) is 2.85. The van der Waals surface area contributed by atoms with Crippen LogP contribution in [0.5, 0.6) is 0 Å². The fourth-order valence-electron chi connectivity index (χ4n) is 1.86. The first-order valence-corrected chi connectivity index (χ1v) is 5.18. The summed E-state index contributed by atoms with van der Waals surface area (Å²) in [5.74, 6) is 0.298. The van der Waals surface area contributed by atoms with Crippen molar-refractivity contribution in [2.45, 2.75) is 25.8 Å². The van der Waals surface area contributed by atoms with Crippen molar-refractivity contribution in [3.63, 3.8) is 0 Å². The Labute approximate surface area is 89.0 Å². The molecule has 1 fully saturated rings. The third kappa shape index (κ3) is 2.04. The Hall–Kier alpha value is -1.29. The van der Waals surface area contributed by atoms with Crippen LogP contribution in [0, 0.1) is 6.92 Å². The molecule has 0 saturated carbocycles. The van der Waals surface area contributed by atoms with Gasteiger partial charge in [-0.3, -0.25) is 4.79 Å². The summed E-state index contributed by atoms with van der Waals surface area (Å²) in [6.45, 7) is 5.68. The van der Waals surface area contributed by atoms with Crippen LogP contribution in [0.2, 0.25) is 0 Å². The van der Waals surface area contributed by atoms with Crippen molar-refractivity contribution in [2.24, 2.45) is 0 Å². The number of aryl methyl sites for hydroxylation is 1. The summed E-state index contributed by atoms with van der Waals surface area (Å²) in [5.41, 5.74) is 0.734. The molecule has 0 spiro atoms. The second kappa shape index (κ2) is 3.70. The van der Waals surface area contributed by atoms with E-state index in [0.717, 1.165) is 25.1 Å². The summed E-state index contributed by atoms with van der Waals surface area (Å²) in [7, 11) is 0. The Kier molecular flexibility index (Phi) is 2.52. The lowest BCUT2D eigenvalue weighted by Crippen LogP contribution is -2.47. The highest BCUT2D eigenvalue weighted by atomic mass is 16.3. The second-order valence-electron chi connectivity index (χ2n) is 4.37. The summed E-state index contributed by atoms with van der Waals surface area (Å²) in [6.07, 6.45) is 2.50. The lowest BCUT2D eigenvalue weighted by Gasteiger charge is -2.23. The molecule has 2 heterocycles. The van der Waals surface area contributed by atoms with Gasteiger partial charge in [0.25, 0.3) is 5.91 Å². The van der Waals surface area contributed by atoms with Crippen molar-refractivity contribution in [3.8, 4) is 0 Å². The zero-order valence-electron chi connectivity index (χ0n) is 9.09. The molecule has 0 aliphatic carbocycles. The van der Waals surface area contributed by atoms with Crippen molar-refractivity contribution in [1.82, 2.24) is 10.6 Å². The van der Waals surface area contributed by atoms with Crippen molar-refractivity contribution >= 4 is 5.91 Å². The predicted molar refractivity (Wildman–Crippen MR) is 56.8 cm³/mol. The number of rotatable bonds is 2. The average molecular weight is 208 g/mol. The van der Waals surface area contributed by atoms with Crippen LogP contribution in [-0.4, -0.2) is 24.5 Å². The normalized spacial score (nSPS) is 25.5. The van der Waals surface area contributed by atoms with Crippen LogP contribution in [0.25, 0.3) is 0 Å². The first-order valence-electron chi connectivity index (χ1n) is 5.18. The summed E-state index contributed by atoms with van der Waals surface area (Å²) in [5, 5.41) is 6.24. The largest absolute Gasteiger partial charge is 0.459 e. The monoisotopic (exact) mass is 208 g/mol. The highest BCUT2D eigenvalue weighted by Gasteiger charge is 2.31. The van der Waals surface area contributed by atoms with E-state index in [1.54, 1.807) is 12.3 Å². The molecule has 4 heteroatoms. The fourth-order valence-corrected chi connectivity index (χ4v) is 1.86.